The van der Waals surface area contributed by atoms with Crippen LogP contribution in [-0.4, -0.2) is 23.6 Å². The van der Waals surface area contributed by atoms with Crippen molar-refractivity contribution in [2.24, 2.45) is 5.73 Å². The molecule has 3 rings (SSSR count). The molecule has 3 N–H and O–H groups in total. The second kappa shape index (κ2) is 5.87. The summed E-state index contributed by atoms with van der Waals surface area (Å²) in [5.41, 5.74) is 7.93. The number of nitrogens with two attached hydrogens (primary N) is 1. The van der Waals surface area contributed by atoms with Gasteiger partial charge < -0.3 is 10.8 Å². The lowest BCUT2D eigenvalue weighted by atomic mass is 9.92. The van der Waals surface area contributed by atoms with Gasteiger partial charge in [-0.3, -0.25) is 4.90 Å². The predicted molar refractivity (Wildman–Crippen MR) is 86.2 cm³/mol. The molecular weight excluding hydrogens is 317 g/mol. The van der Waals surface area contributed by atoms with Crippen molar-refractivity contribution in [1.82, 2.24) is 4.90 Å². The molecule has 6 heteroatoms. The fraction of sp³-hybridized carbons (Fsp3) is 0.222. The number of phenols is 1. The van der Waals surface area contributed by atoms with Crippen LogP contribution in [0.25, 0.3) is 5.70 Å². The van der Waals surface area contributed by atoms with Crippen molar-refractivity contribution < 1.29 is 18.3 Å². The molecular formula is C18H17F3N2O. The lowest BCUT2D eigenvalue weighted by Gasteiger charge is -2.28. The van der Waals surface area contributed by atoms with Gasteiger partial charge in [-0.25, -0.2) is 0 Å². The molecule has 24 heavy (non-hydrogen) atoms. The van der Waals surface area contributed by atoms with Crippen molar-refractivity contribution in [2.75, 3.05) is 13.6 Å². The second-order valence-electron chi connectivity index (χ2n) is 5.86. The molecule has 1 atom stereocenters. The minimum absolute atomic E-state index is 0.378. The topological polar surface area (TPSA) is 49.5 Å². The van der Waals surface area contributed by atoms with E-state index in [1.165, 1.54) is 6.07 Å². The molecule has 1 unspecified atom stereocenters. The highest BCUT2D eigenvalue weighted by Crippen LogP contribution is 2.40. The van der Waals surface area contributed by atoms with Gasteiger partial charge in [0, 0.05) is 23.4 Å². The third-order valence-corrected chi connectivity index (χ3v) is 4.26. The van der Waals surface area contributed by atoms with Crippen LogP contribution in [0, 0.1) is 0 Å². The van der Waals surface area contributed by atoms with Crippen LogP contribution in [0.3, 0.4) is 0 Å². The molecule has 0 fully saturated rings. The summed E-state index contributed by atoms with van der Waals surface area (Å²) in [6.45, 7) is 0.519. The maximum atomic E-state index is 12.8. The van der Waals surface area contributed by atoms with Crippen molar-refractivity contribution in [3.63, 3.8) is 0 Å². The molecule has 0 saturated carbocycles. The number of halogens is 3. The molecule has 1 aliphatic rings. The Hall–Kier alpha value is -2.47. The number of phenolic OH excluding ortho intramolecular Hbond substituents is 1. The van der Waals surface area contributed by atoms with Gasteiger partial charge in [0.25, 0.3) is 0 Å². The van der Waals surface area contributed by atoms with Gasteiger partial charge in [-0.1, -0.05) is 30.3 Å². The minimum Gasteiger partial charge on any atom is -0.508 e. The van der Waals surface area contributed by atoms with E-state index in [0.29, 0.717) is 17.8 Å². The van der Waals surface area contributed by atoms with E-state index >= 15 is 0 Å². The predicted octanol–water partition coefficient (Wildman–Crippen LogP) is 3.75. The molecule has 0 bridgehead atoms. The molecule has 0 spiro atoms. The van der Waals surface area contributed by atoms with Gasteiger partial charge in [-0.2, -0.15) is 13.2 Å². The summed E-state index contributed by atoms with van der Waals surface area (Å²) in [7, 11) is 1.84. The van der Waals surface area contributed by atoms with E-state index < -0.39 is 11.7 Å². The Morgan fingerprint density at radius 2 is 1.83 bits per heavy atom. The highest BCUT2D eigenvalue weighted by Gasteiger charge is 2.33. The van der Waals surface area contributed by atoms with Gasteiger partial charge in [0.05, 0.1) is 11.6 Å². The summed E-state index contributed by atoms with van der Waals surface area (Å²) in [6, 6.07) is 10.2. The number of hydrogen-bond acceptors (Lipinski definition) is 3. The normalized spacial score (nSPS) is 18.7. The first-order chi connectivity index (χ1) is 11.3. The van der Waals surface area contributed by atoms with Gasteiger partial charge in [0.2, 0.25) is 0 Å². The van der Waals surface area contributed by atoms with E-state index in [1.54, 1.807) is 0 Å². The molecule has 1 aliphatic heterocycles. The maximum absolute atomic E-state index is 12.8. The summed E-state index contributed by atoms with van der Waals surface area (Å²) in [5.74, 6) is -0.378. The van der Waals surface area contributed by atoms with E-state index in [4.69, 9.17) is 5.73 Å². The van der Waals surface area contributed by atoms with Crippen molar-refractivity contribution >= 4 is 5.70 Å². The van der Waals surface area contributed by atoms with Crippen LogP contribution in [0.15, 0.2) is 48.5 Å². The first-order valence-corrected chi connectivity index (χ1v) is 7.44. The Morgan fingerprint density at radius 1 is 1.12 bits per heavy atom. The number of fused-ring (bicyclic) bond motifs is 1. The monoisotopic (exact) mass is 334 g/mol. The van der Waals surface area contributed by atoms with Crippen molar-refractivity contribution in [3.05, 3.63) is 70.8 Å². The average molecular weight is 334 g/mol. The SMILES string of the molecule is CN1CC=C(N)c2ccccc2C1c1ccc(C(F)(F)F)cc1O. The fourth-order valence-electron chi connectivity index (χ4n) is 3.05. The number of hydrogen-bond donors (Lipinski definition) is 2. The standard InChI is InChI=1S/C18H17F3N2O/c1-23-9-8-15(22)12-4-2-3-5-13(12)17(23)14-7-6-11(10-16(14)24)18(19,20)21/h2-8,10,17,24H,9,22H2,1H3. The van der Waals surface area contributed by atoms with Crippen LogP contribution >= 0.6 is 0 Å². The van der Waals surface area contributed by atoms with Crippen LogP contribution in [-0.2, 0) is 6.18 Å². The Morgan fingerprint density at radius 3 is 2.50 bits per heavy atom. The Kier molecular flexibility index (Phi) is 4.01. The van der Waals surface area contributed by atoms with Crippen LogP contribution < -0.4 is 5.73 Å². The molecule has 0 saturated heterocycles. The molecule has 0 aromatic heterocycles. The van der Waals surface area contributed by atoms with Crippen molar-refractivity contribution in [2.45, 2.75) is 12.2 Å². The molecule has 1 heterocycles. The third kappa shape index (κ3) is 2.85. The zero-order valence-corrected chi connectivity index (χ0v) is 13.0. The molecule has 0 aliphatic carbocycles. The summed E-state index contributed by atoms with van der Waals surface area (Å²) < 4.78 is 38.5. The van der Waals surface area contributed by atoms with Crippen LogP contribution in [0.5, 0.6) is 5.75 Å². The summed E-state index contributed by atoms with van der Waals surface area (Å²) in [5, 5.41) is 10.2. The lowest BCUT2D eigenvalue weighted by molar-refractivity contribution is -0.137. The molecule has 126 valence electrons. The van der Waals surface area contributed by atoms with Crippen molar-refractivity contribution in [1.29, 1.82) is 0 Å². The fourth-order valence-corrected chi connectivity index (χ4v) is 3.05. The zero-order chi connectivity index (χ0) is 17.5. The molecule has 2 aromatic carbocycles. The van der Waals surface area contributed by atoms with Crippen LogP contribution in [0.1, 0.15) is 28.3 Å². The maximum Gasteiger partial charge on any atom is 0.416 e. The van der Waals surface area contributed by atoms with Gasteiger partial charge in [0.15, 0.2) is 0 Å². The number of aromatic hydroxyl groups is 1. The summed E-state index contributed by atoms with van der Waals surface area (Å²) in [4.78, 5) is 1.93. The third-order valence-electron chi connectivity index (χ3n) is 4.26. The van der Waals surface area contributed by atoms with Crippen molar-refractivity contribution in [3.8, 4) is 5.75 Å². The highest BCUT2D eigenvalue weighted by molar-refractivity contribution is 5.68. The number of rotatable bonds is 1. The second-order valence-corrected chi connectivity index (χ2v) is 5.86. The van der Waals surface area contributed by atoms with Gasteiger partial charge in [-0.05, 0) is 30.8 Å². The minimum atomic E-state index is -4.49. The zero-order valence-electron chi connectivity index (χ0n) is 13.0. The average Bonchev–Trinajstić information content (AvgIpc) is 2.65. The molecule has 2 aromatic rings. The summed E-state index contributed by atoms with van der Waals surface area (Å²) in [6.07, 6.45) is -2.63. The number of benzene rings is 2. The Balaban J connectivity index is 2.14. The van der Waals surface area contributed by atoms with Gasteiger partial charge in [0.1, 0.15) is 5.75 Å². The highest BCUT2D eigenvalue weighted by atomic mass is 19.4. The largest absolute Gasteiger partial charge is 0.508 e. The first-order valence-electron chi connectivity index (χ1n) is 7.44. The van der Waals surface area contributed by atoms with E-state index in [2.05, 4.69) is 0 Å². The van der Waals surface area contributed by atoms with E-state index in [-0.39, 0.29) is 11.8 Å². The van der Waals surface area contributed by atoms with E-state index in [1.807, 2.05) is 42.3 Å². The molecule has 3 nitrogen and oxygen atoms in total. The van der Waals surface area contributed by atoms with E-state index in [0.717, 1.165) is 23.3 Å². The quantitative estimate of drug-likeness (QED) is 0.835. The Bertz CT molecular complexity index is 799. The first kappa shape index (κ1) is 16.4. The van der Waals surface area contributed by atoms with E-state index in [9.17, 15) is 18.3 Å². The molecule has 0 radical (unpaired) electrons. The Labute approximate surface area is 137 Å². The number of likely N-dealkylation sites (N-methyl/N-ethyl adjacent to an activating group) is 1. The van der Waals surface area contributed by atoms with Crippen LogP contribution in [0.4, 0.5) is 13.2 Å². The van der Waals surface area contributed by atoms with Crippen LogP contribution in [0.2, 0.25) is 0 Å². The lowest BCUT2D eigenvalue weighted by Crippen LogP contribution is -2.25. The number of nitrogens with zero attached hydrogens (tertiary/aromatic N) is 1. The smallest absolute Gasteiger partial charge is 0.416 e. The van der Waals surface area contributed by atoms with Gasteiger partial charge in [-0.15, -0.1) is 0 Å². The summed E-state index contributed by atoms with van der Waals surface area (Å²) >= 11 is 0. The number of alkyl halides is 3. The van der Waals surface area contributed by atoms with Gasteiger partial charge >= 0.3 is 6.18 Å². The molecule has 0 amide bonds.